The molecule has 2 aromatic rings. The Morgan fingerprint density at radius 1 is 1.19 bits per heavy atom. The van der Waals surface area contributed by atoms with Crippen LogP contribution in [0.25, 0.3) is 0 Å². The van der Waals surface area contributed by atoms with Gasteiger partial charge in [0.2, 0.25) is 0 Å². The van der Waals surface area contributed by atoms with E-state index in [0.29, 0.717) is 27.3 Å². The number of hydrogen-bond acceptors (Lipinski definition) is 4. The molecule has 2 N–H and O–H groups in total. The van der Waals surface area contributed by atoms with E-state index in [-0.39, 0.29) is 5.97 Å². The Kier molecular flexibility index (Phi) is 8.51. The fourth-order valence-electron chi connectivity index (χ4n) is 2.10. The molecule has 0 amide bonds. The molecule has 2 rings (SSSR count). The van der Waals surface area contributed by atoms with Gasteiger partial charge in [-0.15, -0.1) is 0 Å². The number of benzene rings is 2. The topological polar surface area (TPSA) is 50.4 Å². The molecule has 0 aromatic heterocycles. The average Bonchev–Trinajstić information content (AvgIpc) is 2.63. The Labute approximate surface area is 172 Å². The van der Waals surface area contributed by atoms with Gasteiger partial charge in [-0.3, -0.25) is 0 Å². The van der Waals surface area contributed by atoms with Gasteiger partial charge in [-0.05, 0) is 48.1 Å². The average molecular weight is 429 g/mol. The van der Waals surface area contributed by atoms with Crippen molar-refractivity contribution in [3.8, 4) is 0 Å². The lowest BCUT2D eigenvalue weighted by Gasteiger charge is -2.11. The van der Waals surface area contributed by atoms with Crippen LogP contribution >= 0.6 is 47.2 Å². The SMILES string of the molecule is COC(=O)c1cccc(NC(=S)NCCSCc2c(Cl)cccc2Cl)c1. The van der Waals surface area contributed by atoms with Crippen LogP contribution < -0.4 is 10.6 Å². The molecule has 26 heavy (non-hydrogen) atoms. The minimum absolute atomic E-state index is 0.387. The molecule has 8 heteroatoms. The molecule has 4 nitrogen and oxygen atoms in total. The van der Waals surface area contributed by atoms with Crippen LogP contribution in [-0.4, -0.2) is 30.5 Å². The lowest BCUT2D eigenvalue weighted by Crippen LogP contribution is -2.30. The highest BCUT2D eigenvalue weighted by atomic mass is 35.5. The summed E-state index contributed by atoms with van der Waals surface area (Å²) in [4.78, 5) is 11.5. The maximum atomic E-state index is 11.5. The number of carbonyl (C=O) groups excluding carboxylic acids is 1. The van der Waals surface area contributed by atoms with E-state index < -0.39 is 0 Å². The van der Waals surface area contributed by atoms with E-state index >= 15 is 0 Å². The molecule has 0 saturated heterocycles. The Balaban J connectivity index is 1.73. The number of hydrogen-bond donors (Lipinski definition) is 2. The van der Waals surface area contributed by atoms with Crippen LogP contribution in [0.5, 0.6) is 0 Å². The van der Waals surface area contributed by atoms with Crippen LogP contribution in [-0.2, 0) is 10.5 Å². The third-order valence-electron chi connectivity index (χ3n) is 3.38. The van der Waals surface area contributed by atoms with Crippen LogP contribution in [0, 0.1) is 0 Å². The summed E-state index contributed by atoms with van der Waals surface area (Å²) >= 11 is 19.3. The van der Waals surface area contributed by atoms with Gasteiger partial charge in [-0.1, -0.05) is 35.3 Å². The molecule has 0 aliphatic rings. The van der Waals surface area contributed by atoms with E-state index in [1.165, 1.54) is 7.11 Å². The van der Waals surface area contributed by atoms with Gasteiger partial charge in [-0.2, -0.15) is 11.8 Å². The van der Waals surface area contributed by atoms with Gasteiger partial charge in [0.25, 0.3) is 0 Å². The standard InChI is InChI=1S/C18H18Cl2N2O2S2/c1-24-17(23)12-4-2-5-13(10-12)22-18(25)21-8-9-26-11-14-15(19)6-3-7-16(14)20/h2-7,10H,8-9,11H2,1H3,(H2,21,22,25). The van der Waals surface area contributed by atoms with Crippen molar-refractivity contribution in [1.29, 1.82) is 0 Å². The van der Waals surface area contributed by atoms with E-state index in [1.54, 1.807) is 30.0 Å². The summed E-state index contributed by atoms with van der Waals surface area (Å²) in [6, 6.07) is 12.5. The van der Waals surface area contributed by atoms with Crippen molar-refractivity contribution >= 4 is 64.0 Å². The number of esters is 1. The molecule has 0 spiro atoms. The number of halogens is 2. The summed E-state index contributed by atoms with van der Waals surface area (Å²) in [6.45, 7) is 0.690. The fraction of sp³-hybridized carbons (Fsp3) is 0.222. The summed E-state index contributed by atoms with van der Waals surface area (Å²) in [5.41, 5.74) is 2.13. The van der Waals surface area contributed by atoms with Crippen molar-refractivity contribution in [2.24, 2.45) is 0 Å². The second kappa shape index (κ2) is 10.6. The number of rotatable bonds is 7. The highest BCUT2D eigenvalue weighted by Gasteiger charge is 2.07. The van der Waals surface area contributed by atoms with Crippen molar-refractivity contribution in [2.75, 3.05) is 24.7 Å². The van der Waals surface area contributed by atoms with E-state index in [9.17, 15) is 4.79 Å². The molecule has 0 fully saturated rings. The molecule has 0 bridgehead atoms. The molecule has 138 valence electrons. The predicted molar refractivity (Wildman–Crippen MR) is 115 cm³/mol. The molecule has 0 aliphatic heterocycles. The van der Waals surface area contributed by atoms with Crippen molar-refractivity contribution in [2.45, 2.75) is 5.75 Å². The molecule has 2 aromatic carbocycles. The Morgan fingerprint density at radius 3 is 2.58 bits per heavy atom. The lowest BCUT2D eigenvalue weighted by atomic mass is 10.2. The van der Waals surface area contributed by atoms with E-state index in [2.05, 4.69) is 10.6 Å². The van der Waals surface area contributed by atoms with Crippen LogP contribution in [0.15, 0.2) is 42.5 Å². The molecule has 0 aliphatic carbocycles. The first-order valence-electron chi connectivity index (χ1n) is 7.75. The van der Waals surface area contributed by atoms with Crippen LogP contribution in [0.3, 0.4) is 0 Å². The van der Waals surface area contributed by atoms with E-state index in [0.717, 1.165) is 22.8 Å². The second-order valence-electron chi connectivity index (χ2n) is 5.21. The van der Waals surface area contributed by atoms with Gasteiger partial charge in [0.05, 0.1) is 12.7 Å². The number of anilines is 1. The summed E-state index contributed by atoms with van der Waals surface area (Å²) < 4.78 is 4.70. The number of thioether (sulfide) groups is 1. The van der Waals surface area contributed by atoms with Gasteiger partial charge >= 0.3 is 5.97 Å². The van der Waals surface area contributed by atoms with Gasteiger partial charge in [0, 0.05) is 33.8 Å². The monoisotopic (exact) mass is 428 g/mol. The van der Waals surface area contributed by atoms with E-state index in [1.807, 2.05) is 24.3 Å². The summed E-state index contributed by atoms with van der Waals surface area (Å²) in [5.74, 6) is 1.19. The molecule has 0 unspecified atom stereocenters. The minimum atomic E-state index is -0.387. The van der Waals surface area contributed by atoms with Crippen molar-refractivity contribution in [3.63, 3.8) is 0 Å². The van der Waals surface area contributed by atoms with Crippen molar-refractivity contribution in [3.05, 3.63) is 63.6 Å². The molecule has 0 heterocycles. The van der Waals surface area contributed by atoms with Gasteiger partial charge < -0.3 is 15.4 Å². The van der Waals surface area contributed by atoms with Crippen LogP contribution in [0.1, 0.15) is 15.9 Å². The quantitative estimate of drug-likeness (QED) is 0.367. The second-order valence-corrected chi connectivity index (χ2v) is 7.53. The number of thiocarbonyl (C=S) groups is 1. The largest absolute Gasteiger partial charge is 0.465 e. The zero-order chi connectivity index (χ0) is 18.9. The van der Waals surface area contributed by atoms with Crippen molar-refractivity contribution in [1.82, 2.24) is 5.32 Å². The normalized spacial score (nSPS) is 10.3. The minimum Gasteiger partial charge on any atom is -0.465 e. The van der Waals surface area contributed by atoms with Crippen molar-refractivity contribution < 1.29 is 9.53 Å². The highest BCUT2D eigenvalue weighted by molar-refractivity contribution is 7.98. The van der Waals surface area contributed by atoms with Gasteiger partial charge in [-0.25, -0.2) is 4.79 Å². The Bertz CT molecular complexity index is 767. The maximum absolute atomic E-state index is 11.5. The maximum Gasteiger partial charge on any atom is 0.337 e. The zero-order valence-corrected chi connectivity index (χ0v) is 17.2. The number of carbonyl (C=O) groups is 1. The predicted octanol–water partition coefficient (Wildman–Crippen LogP) is 5.00. The number of nitrogens with one attached hydrogen (secondary N) is 2. The first-order chi connectivity index (χ1) is 12.5. The molecular formula is C18H18Cl2N2O2S2. The highest BCUT2D eigenvalue weighted by Crippen LogP contribution is 2.27. The molecule has 0 atom stereocenters. The first-order valence-corrected chi connectivity index (χ1v) is 10.1. The third-order valence-corrected chi connectivity index (χ3v) is 5.32. The summed E-state index contributed by atoms with van der Waals surface area (Å²) in [6.07, 6.45) is 0. The molecular weight excluding hydrogens is 411 g/mol. The van der Waals surface area contributed by atoms with Crippen LogP contribution in [0.4, 0.5) is 5.69 Å². The van der Waals surface area contributed by atoms with Crippen LogP contribution in [0.2, 0.25) is 10.0 Å². The van der Waals surface area contributed by atoms with Gasteiger partial charge in [0.1, 0.15) is 0 Å². The number of ether oxygens (including phenoxy) is 1. The zero-order valence-electron chi connectivity index (χ0n) is 14.1. The molecule has 0 saturated carbocycles. The Morgan fingerprint density at radius 2 is 1.88 bits per heavy atom. The van der Waals surface area contributed by atoms with E-state index in [4.69, 9.17) is 40.2 Å². The van der Waals surface area contributed by atoms with Gasteiger partial charge in [0.15, 0.2) is 5.11 Å². The first kappa shape index (κ1) is 20.8. The molecule has 0 radical (unpaired) electrons. The third kappa shape index (κ3) is 6.36. The smallest absolute Gasteiger partial charge is 0.337 e. The lowest BCUT2D eigenvalue weighted by molar-refractivity contribution is 0.0601. The fourth-order valence-corrected chi connectivity index (χ4v) is 3.91. The summed E-state index contributed by atoms with van der Waals surface area (Å²) in [5, 5.41) is 8.03. The summed E-state index contributed by atoms with van der Waals surface area (Å²) in [7, 11) is 1.35. The number of methoxy groups -OCH3 is 1. The Hall–Kier alpha value is -1.47.